The van der Waals surface area contributed by atoms with Gasteiger partial charge in [-0.25, -0.2) is 9.18 Å². The van der Waals surface area contributed by atoms with Crippen molar-refractivity contribution < 1.29 is 28.9 Å². The number of halogens is 1. The third kappa shape index (κ3) is 4.39. The molecule has 1 saturated heterocycles. The zero-order chi connectivity index (χ0) is 19.6. The number of anilines is 1. The topological polar surface area (TPSA) is 99.1 Å². The summed E-state index contributed by atoms with van der Waals surface area (Å²) in [6.07, 6.45) is -0.981. The van der Waals surface area contributed by atoms with Crippen molar-refractivity contribution in [3.05, 3.63) is 29.6 Å². The molecule has 2 aliphatic rings. The van der Waals surface area contributed by atoms with Gasteiger partial charge < -0.3 is 20.3 Å². The normalized spacial score (nSPS) is 28.1. The Morgan fingerprint density at radius 3 is 2.78 bits per heavy atom. The number of cyclic esters (lactones) is 1. The second kappa shape index (κ2) is 8.22. The van der Waals surface area contributed by atoms with Crippen molar-refractivity contribution in [1.29, 1.82) is 0 Å². The standard InChI is InChI=1S/C19H25FN2O5/c1-2-18(25)21-9-13-10-22(19(26)27-13)12-4-5-14(15(20)8-12)11-3-6-16(23)17(24)7-11/h4-5,8,11,13,16-17,23-24H,2-3,6-7,9-10H2,1H3,(H,21,25). The van der Waals surface area contributed by atoms with Gasteiger partial charge in [-0.15, -0.1) is 0 Å². The molecule has 1 aliphatic carbocycles. The fourth-order valence-electron chi connectivity index (χ4n) is 3.62. The van der Waals surface area contributed by atoms with E-state index in [-0.39, 0.29) is 24.9 Å². The average Bonchev–Trinajstić information content (AvgIpc) is 3.02. The summed E-state index contributed by atoms with van der Waals surface area (Å²) in [7, 11) is 0. The molecule has 1 aromatic rings. The summed E-state index contributed by atoms with van der Waals surface area (Å²) in [6, 6.07) is 4.57. The molecule has 8 heteroatoms. The van der Waals surface area contributed by atoms with Crippen molar-refractivity contribution in [3.63, 3.8) is 0 Å². The van der Waals surface area contributed by atoms with E-state index in [0.29, 0.717) is 36.9 Å². The number of aliphatic hydroxyl groups is 2. The van der Waals surface area contributed by atoms with Crippen molar-refractivity contribution in [1.82, 2.24) is 5.32 Å². The van der Waals surface area contributed by atoms with Crippen LogP contribution in [-0.4, -0.2) is 53.6 Å². The molecule has 0 radical (unpaired) electrons. The molecule has 7 nitrogen and oxygen atoms in total. The predicted molar refractivity (Wildman–Crippen MR) is 95.9 cm³/mol. The number of nitrogens with zero attached hydrogens (tertiary/aromatic N) is 1. The lowest BCUT2D eigenvalue weighted by molar-refractivity contribution is -0.121. The van der Waals surface area contributed by atoms with E-state index in [4.69, 9.17) is 4.74 Å². The number of benzene rings is 1. The Morgan fingerprint density at radius 2 is 2.11 bits per heavy atom. The van der Waals surface area contributed by atoms with E-state index in [1.807, 2.05) is 0 Å². The maximum absolute atomic E-state index is 14.7. The molecule has 0 spiro atoms. The van der Waals surface area contributed by atoms with Crippen LogP contribution in [-0.2, 0) is 9.53 Å². The number of hydrogen-bond donors (Lipinski definition) is 3. The van der Waals surface area contributed by atoms with Gasteiger partial charge in [0, 0.05) is 6.42 Å². The number of rotatable bonds is 5. The quantitative estimate of drug-likeness (QED) is 0.722. The van der Waals surface area contributed by atoms with Gasteiger partial charge in [0.05, 0.1) is 31.0 Å². The first-order valence-corrected chi connectivity index (χ1v) is 9.29. The molecular formula is C19H25FN2O5. The third-order valence-corrected chi connectivity index (χ3v) is 5.24. The lowest BCUT2D eigenvalue weighted by Gasteiger charge is -2.30. The number of carbonyl (C=O) groups is 2. The molecule has 0 bridgehead atoms. The highest BCUT2D eigenvalue weighted by Gasteiger charge is 2.34. The molecule has 1 aromatic carbocycles. The molecule has 4 unspecified atom stereocenters. The number of hydrogen-bond acceptors (Lipinski definition) is 5. The highest BCUT2D eigenvalue weighted by Crippen LogP contribution is 2.36. The minimum absolute atomic E-state index is 0.125. The zero-order valence-corrected chi connectivity index (χ0v) is 15.2. The van der Waals surface area contributed by atoms with E-state index in [2.05, 4.69) is 5.32 Å². The zero-order valence-electron chi connectivity index (χ0n) is 15.2. The Hall–Kier alpha value is -2.19. The van der Waals surface area contributed by atoms with Gasteiger partial charge in [-0.05, 0) is 42.9 Å². The molecule has 1 saturated carbocycles. The monoisotopic (exact) mass is 380 g/mol. The van der Waals surface area contributed by atoms with Gasteiger partial charge in [0.1, 0.15) is 11.9 Å². The minimum Gasteiger partial charge on any atom is -0.442 e. The van der Waals surface area contributed by atoms with E-state index in [0.717, 1.165) is 0 Å². The number of aliphatic hydroxyl groups excluding tert-OH is 2. The molecule has 2 fully saturated rings. The number of carbonyl (C=O) groups excluding carboxylic acids is 2. The van der Waals surface area contributed by atoms with Crippen molar-refractivity contribution >= 4 is 17.7 Å². The third-order valence-electron chi connectivity index (χ3n) is 5.24. The Kier molecular flexibility index (Phi) is 5.96. The van der Waals surface area contributed by atoms with Crippen molar-refractivity contribution in [2.45, 2.75) is 56.8 Å². The molecule has 0 aromatic heterocycles. The van der Waals surface area contributed by atoms with Gasteiger partial charge in [-0.1, -0.05) is 13.0 Å². The number of nitrogens with one attached hydrogen (secondary N) is 1. The summed E-state index contributed by atoms with van der Waals surface area (Å²) < 4.78 is 19.9. The van der Waals surface area contributed by atoms with E-state index >= 15 is 0 Å². The van der Waals surface area contributed by atoms with Crippen LogP contribution < -0.4 is 10.2 Å². The molecule has 3 rings (SSSR count). The molecular weight excluding hydrogens is 355 g/mol. The molecule has 1 heterocycles. The van der Waals surface area contributed by atoms with E-state index in [1.165, 1.54) is 11.0 Å². The summed E-state index contributed by atoms with van der Waals surface area (Å²) in [5, 5.41) is 22.1. The number of amides is 2. The summed E-state index contributed by atoms with van der Waals surface area (Å²) in [4.78, 5) is 24.8. The maximum Gasteiger partial charge on any atom is 0.414 e. The fraction of sp³-hybridized carbons (Fsp3) is 0.579. The Morgan fingerprint density at radius 1 is 1.33 bits per heavy atom. The second-order valence-corrected chi connectivity index (χ2v) is 7.12. The van der Waals surface area contributed by atoms with Gasteiger partial charge in [0.25, 0.3) is 0 Å². The highest BCUT2D eigenvalue weighted by atomic mass is 19.1. The van der Waals surface area contributed by atoms with Crippen LogP contribution in [0.5, 0.6) is 0 Å². The van der Waals surface area contributed by atoms with Crippen molar-refractivity contribution in [2.75, 3.05) is 18.0 Å². The molecule has 27 heavy (non-hydrogen) atoms. The Labute approximate surface area is 157 Å². The predicted octanol–water partition coefficient (Wildman–Crippen LogP) is 1.67. The average molecular weight is 380 g/mol. The lowest BCUT2D eigenvalue weighted by Crippen LogP contribution is -2.34. The first-order chi connectivity index (χ1) is 12.9. The van der Waals surface area contributed by atoms with Crippen LogP contribution in [0.3, 0.4) is 0 Å². The van der Waals surface area contributed by atoms with Crippen molar-refractivity contribution in [2.24, 2.45) is 0 Å². The molecule has 3 N–H and O–H groups in total. The SMILES string of the molecule is CCC(=O)NCC1CN(c2ccc(C3CCC(O)C(O)C3)c(F)c2)C(=O)O1. The molecule has 1 aliphatic heterocycles. The van der Waals surface area contributed by atoms with Crippen LogP contribution in [0.2, 0.25) is 0 Å². The summed E-state index contributed by atoms with van der Waals surface area (Å²) >= 11 is 0. The number of ether oxygens (including phenoxy) is 1. The van der Waals surface area contributed by atoms with Crippen LogP contribution in [0.25, 0.3) is 0 Å². The van der Waals surface area contributed by atoms with Gasteiger partial charge in [-0.2, -0.15) is 0 Å². The maximum atomic E-state index is 14.7. The van der Waals surface area contributed by atoms with Gasteiger partial charge in [0.2, 0.25) is 5.91 Å². The Bertz CT molecular complexity index is 713. The van der Waals surface area contributed by atoms with Crippen LogP contribution >= 0.6 is 0 Å². The van der Waals surface area contributed by atoms with E-state index < -0.39 is 30.2 Å². The summed E-state index contributed by atoms with van der Waals surface area (Å²) in [5.74, 6) is -0.740. The van der Waals surface area contributed by atoms with E-state index in [9.17, 15) is 24.2 Å². The summed E-state index contributed by atoms with van der Waals surface area (Å²) in [5.41, 5.74) is 0.867. The van der Waals surface area contributed by atoms with E-state index in [1.54, 1.807) is 19.1 Å². The molecule has 148 valence electrons. The van der Waals surface area contributed by atoms with Crippen LogP contribution in [0.15, 0.2) is 18.2 Å². The Balaban J connectivity index is 1.66. The molecule has 2 amide bonds. The van der Waals surface area contributed by atoms with Gasteiger partial charge in [0.15, 0.2) is 0 Å². The lowest BCUT2D eigenvalue weighted by atomic mass is 9.81. The molecule has 4 atom stereocenters. The largest absolute Gasteiger partial charge is 0.442 e. The van der Waals surface area contributed by atoms with Crippen molar-refractivity contribution in [3.8, 4) is 0 Å². The van der Waals surface area contributed by atoms with Gasteiger partial charge >= 0.3 is 6.09 Å². The van der Waals surface area contributed by atoms with Crippen LogP contribution in [0.4, 0.5) is 14.9 Å². The fourth-order valence-corrected chi connectivity index (χ4v) is 3.62. The second-order valence-electron chi connectivity index (χ2n) is 7.12. The minimum atomic E-state index is -0.851. The smallest absolute Gasteiger partial charge is 0.414 e. The first-order valence-electron chi connectivity index (χ1n) is 9.29. The first kappa shape index (κ1) is 19.6. The van der Waals surface area contributed by atoms with Crippen LogP contribution in [0, 0.1) is 5.82 Å². The van der Waals surface area contributed by atoms with Gasteiger partial charge in [-0.3, -0.25) is 9.69 Å². The highest BCUT2D eigenvalue weighted by molar-refractivity contribution is 5.89. The summed E-state index contributed by atoms with van der Waals surface area (Å²) in [6.45, 7) is 2.19. The van der Waals surface area contributed by atoms with Crippen LogP contribution in [0.1, 0.15) is 44.1 Å².